The zero-order valence-electron chi connectivity index (χ0n) is 13.8. The van der Waals surface area contributed by atoms with E-state index in [4.69, 9.17) is 16.3 Å². The number of amides is 2. The summed E-state index contributed by atoms with van der Waals surface area (Å²) in [6, 6.07) is 9.93. The van der Waals surface area contributed by atoms with Gasteiger partial charge in [0.1, 0.15) is 5.15 Å². The summed E-state index contributed by atoms with van der Waals surface area (Å²) in [5.41, 5.74) is 1.44. The third-order valence-corrected chi connectivity index (χ3v) is 4.15. The van der Waals surface area contributed by atoms with Crippen molar-refractivity contribution in [3.8, 4) is 0 Å². The van der Waals surface area contributed by atoms with Crippen molar-refractivity contribution >= 4 is 40.8 Å². The maximum atomic E-state index is 11.9. The Labute approximate surface area is 154 Å². The Morgan fingerprint density at radius 3 is 2.65 bits per heavy atom. The highest BCUT2D eigenvalue weighted by Gasteiger charge is 2.21. The normalized spacial score (nSPS) is 13.6. The first-order valence-corrected chi connectivity index (χ1v) is 8.40. The van der Waals surface area contributed by atoms with Crippen LogP contribution in [0.2, 0.25) is 5.15 Å². The number of benzene rings is 1. The summed E-state index contributed by atoms with van der Waals surface area (Å²) in [5, 5.41) is 2.64. The van der Waals surface area contributed by atoms with Gasteiger partial charge in [-0.15, -0.1) is 0 Å². The molecule has 1 aromatic carbocycles. The van der Waals surface area contributed by atoms with Crippen LogP contribution in [0, 0.1) is 0 Å². The van der Waals surface area contributed by atoms with Crippen LogP contribution < -0.4 is 10.2 Å². The second-order valence-corrected chi connectivity index (χ2v) is 6.02. The van der Waals surface area contributed by atoms with Crippen molar-refractivity contribution in [3.63, 3.8) is 0 Å². The molecule has 1 saturated heterocycles. The van der Waals surface area contributed by atoms with Gasteiger partial charge in [-0.25, -0.2) is 9.78 Å². The lowest BCUT2D eigenvalue weighted by molar-refractivity contribution is -0.119. The van der Waals surface area contributed by atoms with Crippen molar-refractivity contribution in [1.82, 2.24) is 4.98 Å². The smallest absolute Gasteiger partial charge is 0.341 e. The van der Waals surface area contributed by atoms with E-state index in [1.54, 1.807) is 35.2 Å². The Kier molecular flexibility index (Phi) is 5.48. The zero-order chi connectivity index (χ0) is 18.5. The Morgan fingerprint density at radius 2 is 2.00 bits per heavy atom. The molecule has 8 heteroatoms. The second-order valence-electron chi connectivity index (χ2n) is 5.66. The van der Waals surface area contributed by atoms with Gasteiger partial charge < -0.3 is 15.0 Å². The van der Waals surface area contributed by atoms with E-state index in [2.05, 4.69) is 10.3 Å². The van der Waals surface area contributed by atoms with Crippen molar-refractivity contribution < 1.29 is 19.1 Å². The molecular formula is C18H16ClN3O4. The summed E-state index contributed by atoms with van der Waals surface area (Å²) < 4.78 is 4.93. The van der Waals surface area contributed by atoms with E-state index in [-0.39, 0.29) is 16.6 Å². The molecule has 1 aromatic heterocycles. The quantitative estimate of drug-likeness (QED) is 0.643. The van der Waals surface area contributed by atoms with E-state index >= 15 is 0 Å². The number of carbonyl (C=O) groups is 3. The SMILES string of the molecule is O=C(COC(=O)c1cccnc1Cl)Nc1ccc(N2CCCC2=O)cc1. The van der Waals surface area contributed by atoms with Crippen LogP contribution in [-0.2, 0) is 14.3 Å². The predicted octanol–water partition coefficient (Wildman–Crippen LogP) is 2.66. The number of pyridine rings is 1. The molecule has 0 bridgehead atoms. The first-order valence-electron chi connectivity index (χ1n) is 8.02. The van der Waals surface area contributed by atoms with E-state index in [1.807, 2.05) is 0 Å². The number of nitrogens with one attached hydrogen (secondary N) is 1. The number of aromatic nitrogens is 1. The lowest BCUT2D eigenvalue weighted by Gasteiger charge is -2.16. The van der Waals surface area contributed by atoms with Crippen LogP contribution in [0.1, 0.15) is 23.2 Å². The summed E-state index contributed by atoms with van der Waals surface area (Å²) in [4.78, 5) is 41.0. The van der Waals surface area contributed by atoms with Crippen LogP contribution in [0.4, 0.5) is 11.4 Å². The molecule has 3 rings (SSSR count). The van der Waals surface area contributed by atoms with Crippen molar-refractivity contribution in [2.75, 3.05) is 23.4 Å². The third-order valence-electron chi connectivity index (χ3n) is 3.85. The van der Waals surface area contributed by atoms with Gasteiger partial charge >= 0.3 is 5.97 Å². The van der Waals surface area contributed by atoms with Gasteiger partial charge in [0.05, 0.1) is 5.56 Å². The molecule has 2 heterocycles. The summed E-state index contributed by atoms with van der Waals surface area (Å²) >= 11 is 5.80. The van der Waals surface area contributed by atoms with Crippen molar-refractivity contribution in [1.29, 1.82) is 0 Å². The number of hydrogen-bond donors (Lipinski definition) is 1. The van der Waals surface area contributed by atoms with E-state index in [0.717, 1.165) is 12.1 Å². The van der Waals surface area contributed by atoms with Crippen LogP contribution in [0.25, 0.3) is 0 Å². The first kappa shape index (κ1) is 17.9. The number of nitrogens with zero attached hydrogens (tertiary/aromatic N) is 2. The van der Waals surface area contributed by atoms with Crippen LogP contribution in [-0.4, -0.2) is 35.9 Å². The summed E-state index contributed by atoms with van der Waals surface area (Å²) in [5.74, 6) is -1.10. The van der Waals surface area contributed by atoms with Crippen molar-refractivity contribution in [3.05, 3.63) is 53.3 Å². The van der Waals surface area contributed by atoms with Gasteiger partial charge in [0.15, 0.2) is 6.61 Å². The zero-order valence-corrected chi connectivity index (χ0v) is 14.5. The molecule has 26 heavy (non-hydrogen) atoms. The van der Waals surface area contributed by atoms with Gasteiger partial charge in [0.2, 0.25) is 5.91 Å². The molecule has 1 N–H and O–H groups in total. The number of esters is 1. The highest BCUT2D eigenvalue weighted by Crippen LogP contribution is 2.23. The standard InChI is InChI=1S/C18H16ClN3O4/c19-17-14(3-1-9-20-17)18(25)26-11-15(23)21-12-5-7-13(8-6-12)22-10-2-4-16(22)24/h1,3,5-9H,2,4,10-11H2,(H,21,23). The minimum absolute atomic E-state index is 0.0185. The van der Waals surface area contributed by atoms with Gasteiger partial charge in [-0.2, -0.15) is 0 Å². The van der Waals surface area contributed by atoms with E-state index in [1.165, 1.54) is 12.3 Å². The van der Waals surface area contributed by atoms with Gasteiger partial charge in [-0.1, -0.05) is 11.6 Å². The molecule has 0 spiro atoms. The molecule has 0 atom stereocenters. The topological polar surface area (TPSA) is 88.6 Å². The lowest BCUT2D eigenvalue weighted by Crippen LogP contribution is -2.24. The van der Waals surface area contributed by atoms with Crippen LogP contribution in [0.3, 0.4) is 0 Å². The van der Waals surface area contributed by atoms with E-state index < -0.39 is 18.5 Å². The minimum atomic E-state index is -0.721. The van der Waals surface area contributed by atoms with E-state index in [9.17, 15) is 14.4 Å². The molecule has 7 nitrogen and oxygen atoms in total. The number of carbonyl (C=O) groups excluding carboxylic acids is 3. The monoisotopic (exact) mass is 373 g/mol. The summed E-state index contributed by atoms with van der Waals surface area (Å²) in [7, 11) is 0. The Morgan fingerprint density at radius 1 is 1.23 bits per heavy atom. The molecule has 0 radical (unpaired) electrons. The maximum Gasteiger partial charge on any atom is 0.341 e. The first-order chi connectivity index (χ1) is 12.5. The molecule has 1 aliphatic heterocycles. The Balaban J connectivity index is 1.52. The van der Waals surface area contributed by atoms with Crippen molar-refractivity contribution in [2.45, 2.75) is 12.8 Å². The van der Waals surface area contributed by atoms with Gasteiger partial charge in [0.25, 0.3) is 5.91 Å². The fourth-order valence-corrected chi connectivity index (χ4v) is 2.79. The summed E-state index contributed by atoms with van der Waals surface area (Å²) in [6.07, 6.45) is 2.86. The van der Waals surface area contributed by atoms with Crippen molar-refractivity contribution in [2.24, 2.45) is 0 Å². The number of hydrogen-bond acceptors (Lipinski definition) is 5. The average molecular weight is 374 g/mol. The molecule has 0 unspecified atom stereocenters. The van der Waals surface area contributed by atoms with Crippen LogP contribution in [0.5, 0.6) is 0 Å². The van der Waals surface area contributed by atoms with Crippen LogP contribution >= 0.6 is 11.6 Å². The number of ether oxygens (including phenoxy) is 1. The van der Waals surface area contributed by atoms with Gasteiger partial charge in [-0.3, -0.25) is 9.59 Å². The largest absolute Gasteiger partial charge is 0.452 e. The molecule has 0 aliphatic carbocycles. The molecule has 1 fully saturated rings. The number of anilines is 2. The summed E-state index contributed by atoms with van der Waals surface area (Å²) in [6.45, 7) is 0.258. The second kappa shape index (κ2) is 7.97. The average Bonchev–Trinajstić information content (AvgIpc) is 3.07. The maximum absolute atomic E-state index is 11.9. The molecule has 134 valence electrons. The van der Waals surface area contributed by atoms with E-state index in [0.29, 0.717) is 18.7 Å². The molecule has 2 aromatic rings. The third kappa shape index (κ3) is 4.18. The molecule has 2 amide bonds. The van der Waals surface area contributed by atoms with Gasteiger partial charge in [-0.05, 0) is 42.8 Å². The molecule has 1 aliphatic rings. The minimum Gasteiger partial charge on any atom is -0.452 e. The lowest BCUT2D eigenvalue weighted by atomic mass is 10.2. The Bertz CT molecular complexity index is 839. The van der Waals surface area contributed by atoms with Crippen LogP contribution in [0.15, 0.2) is 42.6 Å². The number of rotatable bonds is 5. The number of halogens is 1. The highest BCUT2D eigenvalue weighted by molar-refractivity contribution is 6.32. The molecule has 0 saturated carbocycles. The fraction of sp³-hybridized carbons (Fsp3) is 0.222. The predicted molar refractivity (Wildman–Crippen MR) is 96.2 cm³/mol. The highest BCUT2D eigenvalue weighted by atomic mass is 35.5. The Hall–Kier alpha value is -2.93. The fourth-order valence-electron chi connectivity index (χ4n) is 2.59. The van der Waals surface area contributed by atoms with Gasteiger partial charge in [0, 0.05) is 30.5 Å². The molecular weight excluding hydrogens is 358 g/mol.